The third kappa shape index (κ3) is 5.79. The van der Waals surface area contributed by atoms with Crippen molar-refractivity contribution in [2.75, 3.05) is 0 Å². The Morgan fingerprint density at radius 2 is 1.73 bits per heavy atom. The lowest BCUT2D eigenvalue weighted by atomic mass is 10.1. The highest BCUT2D eigenvalue weighted by Crippen LogP contribution is 2.17. The normalized spacial score (nSPS) is 12.7. The lowest BCUT2D eigenvalue weighted by Crippen LogP contribution is -2.51. The van der Waals surface area contributed by atoms with Gasteiger partial charge in [0.15, 0.2) is 0 Å². The summed E-state index contributed by atoms with van der Waals surface area (Å²) in [6.45, 7) is 1.38. The van der Waals surface area contributed by atoms with Gasteiger partial charge in [0.2, 0.25) is 15.9 Å². The first kappa shape index (κ1) is 21.3. The highest BCUT2D eigenvalue weighted by Gasteiger charge is 2.19. The molecule has 0 saturated carbocycles. The van der Waals surface area contributed by atoms with Crippen LogP contribution in [0.4, 0.5) is 0 Å². The van der Waals surface area contributed by atoms with Crippen LogP contribution in [0, 0.1) is 0 Å². The van der Waals surface area contributed by atoms with E-state index in [9.17, 15) is 18.0 Å². The van der Waals surface area contributed by atoms with Gasteiger partial charge in [-0.05, 0) is 30.2 Å². The number of carbonyl (C=O) groups excluding carboxylic acids is 2. The molecule has 0 spiro atoms. The summed E-state index contributed by atoms with van der Waals surface area (Å²) < 4.78 is 26.5. The number of sulfonamides is 1. The largest absolute Gasteiger partial charge is 0.361 e. The Kier molecular flexibility index (Phi) is 6.65. The number of carbonyl (C=O) groups is 2. The smallest absolute Gasteiger partial charge is 0.256 e. The molecule has 0 saturated heterocycles. The Morgan fingerprint density at radius 1 is 1.03 bits per heavy atom. The number of fused-ring (bicyclic) bond motifs is 1. The molecule has 0 bridgehead atoms. The minimum absolute atomic E-state index is 0.0597. The van der Waals surface area contributed by atoms with E-state index in [1.807, 2.05) is 30.3 Å². The van der Waals surface area contributed by atoms with E-state index < -0.39 is 27.9 Å². The van der Waals surface area contributed by atoms with E-state index in [-0.39, 0.29) is 6.42 Å². The zero-order valence-corrected chi connectivity index (χ0v) is 17.1. The van der Waals surface area contributed by atoms with Crippen molar-refractivity contribution in [1.29, 1.82) is 0 Å². The summed E-state index contributed by atoms with van der Waals surface area (Å²) in [4.78, 5) is 27.3. The van der Waals surface area contributed by atoms with Crippen LogP contribution in [-0.2, 0) is 26.0 Å². The van der Waals surface area contributed by atoms with Crippen molar-refractivity contribution in [2.45, 2.75) is 19.4 Å². The van der Waals surface area contributed by atoms with Crippen LogP contribution in [-0.4, -0.2) is 31.3 Å². The van der Waals surface area contributed by atoms with E-state index >= 15 is 0 Å². The molecular weight excluding hydrogens is 404 g/mol. The summed E-state index contributed by atoms with van der Waals surface area (Å²) in [6.07, 6.45) is 3.22. The molecule has 9 heteroatoms. The first-order valence-electron chi connectivity index (χ1n) is 9.23. The first-order chi connectivity index (χ1) is 14.3. The molecule has 0 aliphatic rings. The third-order valence-electron chi connectivity index (χ3n) is 4.32. The van der Waals surface area contributed by atoms with E-state index in [0.29, 0.717) is 5.56 Å². The number of hydrazine groups is 1. The minimum atomic E-state index is -3.84. The zero-order valence-electron chi connectivity index (χ0n) is 16.3. The van der Waals surface area contributed by atoms with Crippen molar-refractivity contribution < 1.29 is 18.0 Å². The maximum Gasteiger partial charge on any atom is 0.256 e. The first-order valence-corrected chi connectivity index (χ1v) is 10.8. The summed E-state index contributed by atoms with van der Waals surface area (Å²) in [5.41, 5.74) is 6.96. The quantitative estimate of drug-likeness (QED) is 0.431. The Balaban J connectivity index is 1.50. The molecule has 1 atom stereocenters. The molecule has 0 radical (unpaired) electrons. The van der Waals surface area contributed by atoms with Crippen LogP contribution in [0.25, 0.3) is 17.0 Å². The molecule has 1 heterocycles. The second-order valence-corrected chi connectivity index (χ2v) is 8.27. The number of benzene rings is 2. The van der Waals surface area contributed by atoms with Crippen LogP contribution in [0.3, 0.4) is 0 Å². The summed E-state index contributed by atoms with van der Waals surface area (Å²) in [5.74, 6) is -1.11. The number of amides is 2. The molecule has 0 unspecified atom stereocenters. The van der Waals surface area contributed by atoms with Gasteiger partial charge in [0.25, 0.3) is 5.91 Å². The average Bonchev–Trinajstić information content (AvgIpc) is 3.14. The number of para-hydroxylation sites is 1. The molecule has 0 aliphatic carbocycles. The van der Waals surface area contributed by atoms with Gasteiger partial charge in [-0.1, -0.05) is 48.5 Å². The number of aromatic nitrogens is 1. The fourth-order valence-corrected chi connectivity index (χ4v) is 3.82. The zero-order chi connectivity index (χ0) is 21.6. The third-order valence-corrected chi connectivity index (χ3v) is 5.50. The predicted octanol–water partition coefficient (Wildman–Crippen LogP) is 1.84. The van der Waals surface area contributed by atoms with Gasteiger partial charge in [0, 0.05) is 22.5 Å². The summed E-state index contributed by atoms with van der Waals surface area (Å²) in [7, 11) is -3.84. The number of H-pyrrole nitrogens is 1. The molecule has 4 N–H and O–H groups in total. The van der Waals surface area contributed by atoms with Gasteiger partial charge >= 0.3 is 0 Å². The Morgan fingerprint density at radius 3 is 2.50 bits per heavy atom. The fraction of sp³-hybridized carbons (Fsp3) is 0.143. The maximum atomic E-state index is 12.1. The molecule has 3 rings (SSSR count). The molecule has 2 amide bonds. The average molecular weight is 426 g/mol. The van der Waals surface area contributed by atoms with Gasteiger partial charge in [0.05, 0.1) is 12.5 Å². The molecule has 30 heavy (non-hydrogen) atoms. The molecule has 0 aliphatic heterocycles. The van der Waals surface area contributed by atoms with Crippen LogP contribution in [0.2, 0.25) is 0 Å². The SMILES string of the molecule is C[C@H](NS(=O)(=O)/C=C/c1ccccc1)C(=O)NNC(=O)Cc1c[nH]c2ccccc12. The number of nitrogens with one attached hydrogen (secondary N) is 4. The standard InChI is InChI=1S/C21H22N4O4S/c1-15(25-30(28,29)12-11-16-7-3-2-4-8-16)21(27)24-23-20(26)13-17-14-22-19-10-6-5-9-18(17)19/h2-12,14-15,22,25H,13H2,1H3,(H,23,26)(H,24,27)/b12-11+/t15-/m0/s1. The number of rotatable bonds is 7. The van der Waals surface area contributed by atoms with Crippen molar-refractivity contribution in [3.8, 4) is 0 Å². The molecular formula is C21H22N4O4S. The highest BCUT2D eigenvalue weighted by atomic mass is 32.2. The number of hydrogen-bond donors (Lipinski definition) is 4. The van der Waals surface area contributed by atoms with Gasteiger partial charge < -0.3 is 4.98 Å². The molecule has 156 valence electrons. The summed E-state index contributed by atoms with van der Waals surface area (Å²) in [5, 5.41) is 1.91. The summed E-state index contributed by atoms with van der Waals surface area (Å²) in [6, 6.07) is 15.4. The second kappa shape index (κ2) is 9.38. The monoisotopic (exact) mass is 426 g/mol. The van der Waals surface area contributed by atoms with Gasteiger partial charge in [0.1, 0.15) is 0 Å². The number of hydrogen-bond acceptors (Lipinski definition) is 4. The maximum absolute atomic E-state index is 12.1. The van der Waals surface area contributed by atoms with Crippen LogP contribution < -0.4 is 15.6 Å². The van der Waals surface area contributed by atoms with E-state index in [2.05, 4.69) is 20.6 Å². The Hall–Kier alpha value is -3.43. The van der Waals surface area contributed by atoms with Crippen LogP contribution in [0.15, 0.2) is 66.2 Å². The second-order valence-electron chi connectivity index (χ2n) is 6.67. The van der Waals surface area contributed by atoms with Crippen LogP contribution in [0.1, 0.15) is 18.1 Å². The lowest BCUT2D eigenvalue weighted by Gasteiger charge is -2.13. The topological polar surface area (TPSA) is 120 Å². The fourth-order valence-electron chi connectivity index (χ4n) is 2.81. The van der Waals surface area contributed by atoms with Gasteiger partial charge in [-0.15, -0.1) is 0 Å². The lowest BCUT2D eigenvalue weighted by molar-refractivity contribution is -0.129. The van der Waals surface area contributed by atoms with Crippen LogP contribution in [0.5, 0.6) is 0 Å². The van der Waals surface area contributed by atoms with Crippen molar-refractivity contribution in [1.82, 2.24) is 20.6 Å². The van der Waals surface area contributed by atoms with E-state index in [1.54, 1.807) is 30.5 Å². The van der Waals surface area contributed by atoms with E-state index in [4.69, 9.17) is 0 Å². The van der Waals surface area contributed by atoms with Crippen molar-refractivity contribution in [3.63, 3.8) is 0 Å². The molecule has 3 aromatic rings. The molecule has 0 fully saturated rings. The van der Waals surface area contributed by atoms with Gasteiger partial charge in [-0.25, -0.2) is 8.42 Å². The Bertz CT molecular complexity index is 1170. The van der Waals surface area contributed by atoms with Crippen molar-refractivity contribution in [2.24, 2.45) is 0 Å². The van der Waals surface area contributed by atoms with Crippen molar-refractivity contribution >= 4 is 38.8 Å². The van der Waals surface area contributed by atoms with E-state index in [1.165, 1.54) is 13.0 Å². The van der Waals surface area contributed by atoms with Crippen molar-refractivity contribution in [3.05, 3.63) is 77.3 Å². The minimum Gasteiger partial charge on any atom is -0.361 e. The van der Waals surface area contributed by atoms with Gasteiger partial charge in [-0.3, -0.25) is 20.4 Å². The van der Waals surface area contributed by atoms with E-state index in [0.717, 1.165) is 21.9 Å². The van der Waals surface area contributed by atoms with Crippen LogP contribution >= 0.6 is 0 Å². The summed E-state index contributed by atoms with van der Waals surface area (Å²) >= 11 is 0. The number of aromatic amines is 1. The van der Waals surface area contributed by atoms with Gasteiger partial charge in [-0.2, -0.15) is 4.72 Å². The molecule has 2 aromatic carbocycles. The predicted molar refractivity (Wildman–Crippen MR) is 115 cm³/mol. The molecule has 8 nitrogen and oxygen atoms in total. The Labute approximate surface area is 174 Å². The molecule has 1 aromatic heterocycles. The highest BCUT2D eigenvalue weighted by molar-refractivity contribution is 7.92.